The van der Waals surface area contributed by atoms with Crippen LogP contribution >= 0.6 is 0 Å². The van der Waals surface area contributed by atoms with Crippen LogP contribution in [0.4, 0.5) is 0 Å². The van der Waals surface area contributed by atoms with Gasteiger partial charge < -0.3 is 14.7 Å². The third kappa shape index (κ3) is 2.64. The first kappa shape index (κ1) is 16.6. The van der Waals surface area contributed by atoms with Crippen molar-refractivity contribution in [3.63, 3.8) is 0 Å². The topological polar surface area (TPSA) is 84.7 Å². The Morgan fingerprint density at radius 2 is 2.15 bits per heavy atom. The van der Waals surface area contributed by atoms with Gasteiger partial charge in [0.1, 0.15) is 12.3 Å². The highest BCUT2D eigenvalue weighted by molar-refractivity contribution is 5.81. The first-order valence-corrected chi connectivity index (χ1v) is 8.70. The molecule has 0 saturated carbocycles. The van der Waals surface area contributed by atoms with E-state index in [1.807, 2.05) is 37.3 Å². The Kier molecular flexibility index (Phi) is 3.94. The van der Waals surface area contributed by atoms with Gasteiger partial charge in [-0.05, 0) is 31.0 Å². The van der Waals surface area contributed by atoms with Crippen LogP contribution in [0.2, 0.25) is 0 Å². The number of para-hydroxylation sites is 1. The molecule has 2 aliphatic rings. The summed E-state index contributed by atoms with van der Waals surface area (Å²) in [6.07, 6.45) is 2.02. The minimum Gasteiger partial charge on any atom is -0.493 e. The van der Waals surface area contributed by atoms with E-state index < -0.39 is 11.4 Å². The molecule has 1 N–H and O–H groups in total. The molecule has 1 fully saturated rings. The van der Waals surface area contributed by atoms with Crippen molar-refractivity contribution in [3.8, 4) is 5.75 Å². The molecule has 0 bridgehead atoms. The fourth-order valence-corrected chi connectivity index (χ4v) is 4.01. The van der Waals surface area contributed by atoms with Crippen LogP contribution in [-0.4, -0.2) is 51.4 Å². The average Bonchev–Trinajstić information content (AvgIpc) is 3.15. The SMILES string of the molecule is Cc1ccnn1CC(=O)N1CC2COc3ccccc3C[C@@]2(C(=O)O)C1. The van der Waals surface area contributed by atoms with E-state index in [0.717, 1.165) is 17.0 Å². The number of aliphatic carboxylic acids is 1. The number of likely N-dealkylation sites (tertiary alicyclic amines) is 1. The molecule has 136 valence electrons. The van der Waals surface area contributed by atoms with Crippen molar-refractivity contribution in [2.75, 3.05) is 19.7 Å². The van der Waals surface area contributed by atoms with Crippen LogP contribution in [-0.2, 0) is 22.6 Å². The molecule has 4 rings (SSSR count). The Morgan fingerprint density at radius 3 is 2.88 bits per heavy atom. The molecule has 0 radical (unpaired) electrons. The Bertz CT molecular complexity index is 862. The van der Waals surface area contributed by atoms with Crippen LogP contribution in [0, 0.1) is 18.3 Å². The van der Waals surface area contributed by atoms with Crippen molar-refractivity contribution < 1.29 is 19.4 Å². The van der Waals surface area contributed by atoms with Gasteiger partial charge in [-0.3, -0.25) is 14.3 Å². The van der Waals surface area contributed by atoms with Crippen LogP contribution < -0.4 is 4.74 Å². The van der Waals surface area contributed by atoms with E-state index in [0.29, 0.717) is 19.6 Å². The van der Waals surface area contributed by atoms with Gasteiger partial charge in [0.2, 0.25) is 5.91 Å². The molecule has 7 heteroatoms. The zero-order valence-electron chi connectivity index (χ0n) is 14.6. The zero-order valence-corrected chi connectivity index (χ0v) is 14.6. The van der Waals surface area contributed by atoms with Gasteiger partial charge >= 0.3 is 5.97 Å². The zero-order chi connectivity index (χ0) is 18.3. The minimum absolute atomic E-state index is 0.112. The summed E-state index contributed by atoms with van der Waals surface area (Å²) in [6, 6.07) is 9.38. The molecule has 1 amide bonds. The van der Waals surface area contributed by atoms with Gasteiger partial charge in [-0.2, -0.15) is 5.10 Å². The summed E-state index contributed by atoms with van der Waals surface area (Å²) in [6.45, 7) is 2.90. The van der Waals surface area contributed by atoms with Gasteiger partial charge in [-0.25, -0.2) is 0 Å². The molecule has 1 saturated heterocycles. The van der Waals surface area contributed by atoms with Crippen LogP contribution in [0.1, 0.15) is 11.3 Å². The second-order valence-electron chi connectivity index (χ2n) is 7.16. The second kappa shape index (κ2) is 6.16. The average molecular weight is 355 g/mol. The van der Waals surface area contributed by atoms with Crippen molar-refractivity contribution in [2.24, 2.45) is 11.3 Å². The number of aryl methyl sites for hydroxylation is 1. The lowest BCUT2D eigenvalue weighted by Gasteiger charge is -2.27. The molecule has 2 aliphatic heterocycles. The van der Waals surface area contributed by atoms with Crippen molar-refractivity contribution in [2.45, 2.75) is 19.9 Å². The van der Waals surface area contributed by atoms with E-state index in [9.17, 15) is 14.7 Å². The number of aromatic nitrogens is 2. The van der Waals surface area contributed by atoms with E-state index in [-0.39, 0.29) is 24.9 Å². The normalized spacial score (nSPS) is 24.3. The van der Waals surface area contributed by atoms with Crippen molar-refractivity contribution in [1.82, 2.24) is 14.7 Å². The van der Waals surface area contributed by atoms with Gasteiger partial charge in [-0.1, -0.05) is 18.2 Å². The van der Waals surface area contributed by atoms with E-state index in [1.165, 1.54) is 0 Å². The molecular formula is C19H21N3O4. The van der Waals surface area contributed by atoms with Gasteiger partial charge in [0.25, 0.3) is 0 Å². The molecule has 0 aliphatic carbocycles. The van der Waals surface area contributed by atoms with Crippen LogP contribution in [0.25, 0.3) is 0 Å². The molecule has 0 spiro atoms. The first-order valence-electron chi connectivity index (χ1n) is 8.70. The molecule has 1 unspecified atom stereocenters. The Balaban J connectivity index is 1.60. The number of fused-ring (bicyclic) bond motifs is 2. The fraction of sp³-hybridized carbons (Fsp3) is 0.421. The summed E-state index contributed by atoms with van der Waals surface area (Å²) in [4.78, 5) is 26.6. The quantitative estimate of drug-likeness (QED) is 0.899. The summed E-state index contributed by atoms with van der Waals surface area (Å²) in [5.74, 6) is -0.477. The predicted octanol–water partition coefficient (Wildman–Crippen LogP) is 1.36. The van der Waals surface area contributed by atoms with Gasteiger partial charge in [-0.15, -0.1) is 0 Å². The number of hydrogen-bond donors (Lipinski definition) is 1. The maximum absolute atomic E-state index is 12.7. The lowest BCUT2D eigenvalue weighted by Crippen LogP contribution is -2.42. The standard InChI is InChI=1S/C19H21N3O4/c1-13-6-7-20-22(13)10-17(23)21-9-15-11-26-16-5-3-2-4-14(16)8-19(15,12-21)18(24)25/h2-7,15H,8-12H2,1H3,(H,24,25)/t15?,19-/m1/s1. The van der Waals surface area contributed by atoms with Gasteiger partial charge in [0.15, 0.2) is 0 Å². The number of hydrogen-bond acceptors (Lipinski definition) is 4. The molecule has 1 aromatic carbocycles. The minimum atomic E-state index is -1.01. The van der Waals surface area contributed by atoms with Crippen LogP contribution in [0.5, 0.6) is 5.75 Å². The highest BCUT2D eigenvalue weighted by atomic mass is 16.5. The second-order valence-corrected chi connectivity index (χ2v) is 7.16. The monoisotopic (exact) mass is 355 g/mol. The number of carboxylic acids is 1. The Morgan fingerprint density at radius 1 is 1.35 bits per heavy atom. The molecule has 2 aromatic rings. The van der Waals surface area contributed by atoms with Crippen LogP contribution in [0.15, 0.2) is 36.5 Å². The maximum Gasteiger partial charge on any atom is 0.312 e. The van der Waals surface area contributed by atoms with Crippen molar-refractivity contribution in [1.29, 1.82) is 0 Å². The van der Waals surface area contributed by atoms with Gasteiger partial charge in [0, 0.05) is 30.9 Å². The third-order valence-electron chi connectivity index (χ3n) is 5.61. The molecule has 2 atom stereocenters. The van der Waals surface area contributed by atoms with E-state index in [2.05, 4.69) is 5.10 Å². The largest absolute Gasteiger partial charge is 0.493 e. The van der Waals surface area contributed by atoms with Gasteiger partial charge in [0.05, 0.1) is 12.0 Å². The molecule has 7 nitrogen and oxygen atoms in total. The smallest absolute Gasteiger partial charge is 0.312 e. The van der Waals surface area contributed by atoms with Crippen molar-refractivity contribution in [3.05, 3.63) is 47.8 Å². The molecule has 26 heavy (non-hydrogen) atoms. The summed E-state index contributed by atoms with van der Waals surface area (Å²) in [7, 11) is 0. The molecular weight excluding hydrogens is 334 g/mol. The summed E-state index contributed by atoms with van der Waals surface area (Å²) >= 11 is 0. The summed E-state index contributed by atoms with van der Waals surface area (Å²) in [5.41, 5.74) is 0.771. The third-order valence-corrected chi connectivity index (χ3v) is 5.61. The number of ether oxygens (including phenoxy) is 1. The Hall–Kier alpha value is -2.83. The van der Waals surface area contributed by atoms with Crippen LogP contribution in [0.3, 0.4) is 0 Å². The summed E-state index contributed by atoms with van der Waals surface area (Å²) in [5, 5.41) is 14.2. The number of amides is 1. The number of carboxylic acid groups (broad SMARTS) is 1. The lowest BCUT2D eigenvalue weighted by atomic mass is 9.74. The van der Waals surface area contributed by atoms with Crippen molar-refractivity contribution >= 4 is 11.9 Å². The predicted molar refractivity (Wildman–Crippen MR) is 92.7 cm³/mol. The van der Waals surface area contributed by atoms with E-state index in [4.69, 9.17) is 4.74 Å². The number of rotatable bonds is 3. The number of benzene rings is 1. The maximum atomic E-state index is 12.7. The van der Waals surface area contributed by atoms with E-state index in [1.54, 1.807) is 15.8 Å². The number of nitrogens with zero attached hydrogens (tertiary/aromatic N) is 3. The first-order chi connectivity index (χ1) is 12.5. The lowest BCUT2D eigenvalue weighted by molar-refractivity contribution is -0.151. The highest BCUT2D eigenvalue weighted by Gasteiger charge is 2.55. The van der Waals surface area contributed by atoms with E-state index >= 15 is 0 Å². The number of carbonyl (C=O) groups is 2. The molecule has 3 heterocycles. The fourth-order valence-electron chi connectivity index (χ4n) is 4.01. The molecule has 1 aromatic heterocycles. The Labute approximate surface area is 151 Å². The summed E-state index contributed by atoms with van der Waals surface area (Å²) < 4.78 is 7.51. The number of carbonyl (C=O) groups excluding carboxylic acids is 1. The highest BCUT2D eigenvalue weighted by Crippen LogP contribution is 2.44.